The van der Waals surface area contributed by atoms with E-state index in [1.165, 1.54) is 17.0 Å². The molecule has 0 saturated heterocycles. The second-order valence-corrected chi connectivity index (χ2v) is 10.4. The van der Waals surface area contributed by atoms with Crippen LogP contribution in [0.1, 0.15) is 33.0 Å². The van der Waals surface area contributed by atoms with Gasteiger partial charge in [0.1, 0.15) is 18.0 Å². The van der Waals surface area contributed by atoms with Gasteiger partial charge in [-0.3, -0.25) is 4.79 Å². The largest absolute Gasteiger partial charge is 0.416 e. The Morgan fingerprint density at radius 1 is 0.932 bits per heavy atom. The zero-order chi connectivity index (χ0) is 31.2. The summed E-state index contributed by atoms with van der Waals surface area (Å²) in [6, 6.07) is 16.3. The Morgan fingerprint density at radius 3 is 2.48 bits per heavy atom. The first kappa shape index (κ1) is 28.6. The van der Waals surface area contributed by atoms with E-state index in [0.29, 0.717) is 28.8 Å². The molecular weight excluding hydrogens is 569 g/mol. The van der Waals surface area contributed by atoms with E-state index in [9.17, 15) is 18.0 Å². The molecule has 0 saturated carbocycles. The van der Waals surface area contributed by atoms with Crippen molar-refractivity contribution >= 4 is 28.3 Å². The molecule has 0 aliphatic heterocycles. The summed E-state index contributed by atoms with van der Waals surface area (Å²) in [6.07, 6.45) is 0.197. The van der Waals surface area contributed by atoms with E-state index in [1.807, 2.05) is 31.2 Å². The molecule has 222 valence electrons. The quantitative estimate of drug-likeness (QED) is 0.217. The van der Waals surface area contributed by atoms with Gasteiger partial charge in [-0.2, -0.15) is 18.3 Å². The van der Waals surface area contributed by atoms with Gasteiger partial charge in [0.25, 0.3) is 5.91 Å². The second kappa shape index (κ2) is 11.0. The van der Waals surface area contributed by atoms with Gasteiger partial charge in [0, 0.05) is 41.6 Å². The topological polar surface area (TPSA) is 103 Å². The fourth-order valence-corrected chi connectivity index (χ4v) is 5.11. The Hall–Kier alpha value is -5.52. The van der Waals surface area contributed by atoms with Crippen LogP contribution in [0.15, 0.2) is 79.4 Å². The molecule has 3 aromatic carbocycles. The van der Waals surface area contributed by atoms with E-state index in [0.717, 1.165) is 39.7 Å². The van der Waals surface area contributed by atoms with Crippen LogP contribution in [0, 0.1) is 20.8 Å². The minimum atomic E-state index is -4.64. The number of nitrogens with zero attached hydrogens (tertiary/aromatic N) is 6. The summed E-state index contributed by atoms with van der Waals surface area (Å²) in [6.45, 7) is 5.39. The van der Waals surface area contributed by atoms with Crippen molar-refractivity contribution in [1.29, 1.82) is 0 Å². The fraction of sp³-hybridized carbons (Fsp3) is 0.156. The number of nitrogens with one attached hydrogen (secondary N) is 2. The van der Waals surface area contributed by atoms with Gasteiger partial charge in [-0.15, -0.1) is 0 Å². The van der Waals surface area contributed by atoms with E-state index in [-0.39, 0.29) is 11.3 Å². The lowest BCUT2D eigenvalue weighted by Gasteiger charge is -2.15. The molecule has 0 spiro atoms. The number of amides is 1. The molecule has 44 heavy (non-hydrogen) atoms. The number of fused-ring (bicyclic) bond motifs is 1. The Labute approximate surface area is 250 Å². The van der Waals surface area contributed by atoms with E-state index in [4.69, 9.17) is 0 Å². The van der Waals surface area contributed by atoms with Gasteiger partial charge in [0.2, 0.25) is 0 Å². The first-order valence-electron chi connectivity index (χ1n) is 13.7. The molecule has 2 N–H and O–H groups in total. The highest BCUT2D eigenvalue weighted by atomic mass is 19.4. The van der Waals surface area contributed by atoms with Crippen LogP contribution in [-0.4, -0.2) is 42.3 Å². The first-order chi connectivity index (χ1) is 21.0. The SMILES string of the molecule is CNc1cc(-n2ncc3ccc(-c4cc(NC(=O)c5cc(-n6cc(C)nc6C)cc(C(F)(F)F)c5)ccc4C)cc32)ncn1. The van der Waals surface area contributed by atoms with Gasteiger partial charge >= 0.3 is 6.18 Å². The van der Waals surface area contributed by atoms with Crippen molar-refractivity contribution in [3.63, 3.8) is 0 Å². The monoisotopic (exact) mass is 596 g/mol. The Kier molecular flexibility index (Phi) is 7.12. The summed E-state index contributed by atoms with van der Waals surface area (Å²) >= 11 is 0. The number of hydrogen-bond acceptors (Lipinski definition) is 6. The number of aromatic nitrogens is 6. The molecule has 0 fully saturated rings. The fourth-order valence-electron chi connectivity index (χ4n) is 5.11. The highest BCUT2D eigenvalue weighted by Gasteiger charge is 2.32. The minimum Gasteiger partial charge on any atom is -0.373 e. The molecule has 9 nitrogen and oxygen atoms in total. The van der Waals surface area contributed by atoms with Crippen molar-refractivity contribution in [2.24, 2.45) is 0 Å². The van der Waals surface area contributed by atoms with Crippen LogP contribution in [0.3, 0.4) is 0 Å². The summed E-state index contributed by atoms with van der Waals surface area (Å²) in [4.78, 5) is 26.2. The molecule has 6 aromatic rings. The second-order valence-electron chi connectivity index (χ2n) is 10.4. The van der Waals surface area contributed by atoms with Gasteiger partial charge in [-0.1, -0.05) is 18.2 Å². The number of alkyl halides is 3. The number of anilines is 2. The van der Waals surface area contributed by atoms with E-state index >= 15 is 0 Å². The lowest BCUT2D eigenvalue weighted by molar-refractivity contribution is -0.137. The average molecular weight is 597 g/mol. The van der Waals surface area contributed by atoms with Gasteiger partial charge in [-0.25, -0.2) is 19.6 Å². The molecule has 0 atom stereocenters. The Balaban J connectivity index is 1.35. The normalized spacial score (nSPS) is 11.6. The van der Waals surface area contributed by atoms with Gasteiger partial charge in [-0.05, 0) is 73.9 Å². The number of halogens is 3. The van der Waals surface area contributed by atoms with Crippen molar-refractivity contribution in [3.05, 3.63) is 108 Å². The molecule has 12 heteroatoms. The summed E-state index contributed by atoms with van der Waals surface area (Å²) in [5.41, 5.74) is 3.70. The number of carbonyl (C=O) groups excluding carboxylic acids is 1. The Bertz CT molecular complexity index is 2040. The van der Waals surface area contributed by atoms with E-state index < -0.39 is 17.6 Å². The zero-order valence-electron chi connectivity index (χ0n) is 24.2. The highest BCUT2D eigenvalue weighted by molar-refractivity contribution is 6.05. The number of rotatable bonds is 6. The van der Waals surface area contributed by atoms with Crippen molar-refractivity contribution in [1.82, 2.24) is 29.3 Å². The lowest BCUT2D eigenvalue weighted by Crippen LogP contribution is -2.15. The smallest absolute Gasteiger partial charge is 0.373 e. The maximum atomic E-state index is 13.8. The summed E-state index contributed by atoms with van der Waals surface area (Å²) in [7, 11) is 1.77. The molecule has 0 radical (unpaired) electrons. The summed E-state index contributed by atoms with van der Waals surface area (Å²) < 4.78 is 44.8. The highest BCUT2D eigenvalue weighted by Crippen LogP contribution is 2.33. The van der Waals surface area contributed by atoms with Crippen LogP contribution in [0.2, 0.25) is 0 Å². The van der Waals surface area contributed by atoms with Crippen LogP contribution < -0.4 is 10.6 Å². The van der Waals surface area contributed by atoms with Crippen LogP contribution in [0.4, 0.5) is 24.7 Å². The number of imidazole rings is 1. The van der Waals surface area contributed by atoms with Gasteiger partial charge in [0.15, 0.2) is 5.82 Å². The minimum absolute atomic E-state index is 0.126. The molecule has 3 heterocycles. The number of hydrogen-bond donors (Lipinski definition) is 2. The van der Waals surface area contributed by atoms with Crippen LogP contribution in [0.5, 0.6) is 0 Å². The average Bonchev–Trinajstić information content (AvgIpc) is 3.59. The lowest BCUT2D eigenvalue weighted by atomic mass is 9.99. The third-order valence-electron chi connectivity index (χ3n) is 7.29. The predicted octanol–water partition coefficient (Wildman–Crippen LogP) is 6.91. The van der Waals surface area contributed by atoms with Crippen molar-refractivity contribution < 1.29 is 18.0 Å². The standard InChI is InChI=1S/C32H27F3N8O/c1-18-5-8-25(41-31(44)23-9-24(32(33,34)35)12-26(10-23)42-16-19(2)40-20(42)3)13-27(18)21-6-7-22-15-39-43(28(22)11-21)30-14-29(36-4)37-17-38-30/h5-17H,1-4H3,(H,41,44)(H,36,37,38). The first-order valence-corrected chi connectivity index (χ1v) is 13.7. The Morgan fingerprint density at radius 2 is 1.75 bits per heavy atom. The number of benzene rings is 3. The van der Waals surface area contributed by atoms with Gasteiger partial charge in [0.05, 0.1) is 23.0 Å². The molecule has 0 aliphatic rings. The molecule has 0 bridgehead atoms. The molecule has 0 aliphatic carbocycles. The number of carbonyl (C=O) groups is 1. The predicted molar refractivity (Wildman–Crippen MR) is 162 cm³/mol. The van der Waals surface area contributed by atoms with Crippen molar-refractivity contribution in [3.8, 4) is 22.6 Å². The third-order valence-corrected chi connectivity index (χ3v) is 7.29. The molecule has 0 unspecified atom stereocenters. The van der Waals surface area contributed by atoms with Gasteiger partial charge < -0.3 is 15.2 Å². The molecule has 3 aromatic heterocycles. The summed E-state index contributed by atoms with van der Waals surface area (Å²) in [5.74, 6) is 1.09. The zero-order valence-corrected chi connectivity index (χ0v) is 24.2. The third kappa shape index (κ3) is 5.49. The maximum Gasteiger partial charge on any atom is 0.416 e. The molecular formula is C32H27F3N8O. The van der Waals surface area contributed by atoms with Crippen LogP contribution in [0.25, 0.3) is 33.5 Å². The van der Waals surface area contributed by atoms with Crippen LogP contribution >= 0.6 is 0 Å². The molecule has 1 amide bonds. The van der Waals surface area contributed by atoms with E-state index in [2.05, 4.69) is 30.7 Å². The van der Waals surface area contributed by atoms with Crippen LogP contribution in [-0.2, 0) is 6.18 Å². The maximum absolute atomic E-state index is 13.8. The van der Waals surface area contributed by atoms with Crippen molar-refractivity contribution in [2.45, 2.75) is 26.9 Å². The van der Waals surface area contributed by atoms with E-state index in [1.54, 1.807) is 56.2 Å². The van der Waals surface area contributed by atoms with Crippen molar-refractivity contribution in [2.75, 3.05) is 17.7 Å². The molecule has 6 rings (SSSR count). The number of aryl methyl sites for hydroxylation is 3. The summed E-state index contributed by atoms with van der Waals surface area (Å²) in [5, 5.41) is 11.2.